The molecule has 0 saturated heterocycles. The number of hydrogen-bond acceptors (Lipinski definition) is 0. The Bertz CT molecular complexity index is 235. The zero-order chi connectivity index (χ0) is 9.14. The van der Waals surface area contributed by atoms with Crippen molar-refractivity contribution in [3.8, 4) is 0 Å². The van der Waals surface area contributed by atoms with Crippen LogP contribution in [0, 0.1) is 5.92 Å². The molecule has 0 heterocycles. The molecule has 0 nitrogen and oxygen atoms in total. The summed E-state index contributed by atoms with van der Waals surface area (Å²) in [5, 5.41) is 0. The Morgan fingerprint density at radius 1 is 1.50 bits per heavy atom. The second kappa shape index (κ2) is 4.05. The van der Waals surface area contributed by atoms with Crippen molar-refractivity contribution in [2.45, 2.75) is 19.5 Å². The molecule has 0 aromatic heterocycles. The lowest BCUT2D eigenvalue weighted by atomic mass is 9.89. The van der Waals surface area contributed by atoms with Crippen LogP contribution in [0.2, 0.25) is 0 Å². The Hall–Kier alpha value is -0.350. The molecule has 0 spiro atoms. The van der Waals surface area contributed by atoms with E-state index in [0.29, 0.717) is 11.6 Å². The van der Waals surface area contributed by atoms with Crippen LogP contribution in [0.3, 0.4) is 0 Å². The third-order valence-corrected chi connectivity index (χ3v) is 4.12. The molecule has 0 aromatic rings. The first-order valence-electron chi connectivity index (χ1n) is 4.38. The Morgan fingerprint density at radius 2 is 2.17 bits per heavy atom. The molecule has 1 aliphatic carbocycles. The molecule has 66 valence electrons. The van der Waals surface area contributed by atoms with E-state index in [1.165, 1.54) is 11.1 Å². The summed E-state index contributed by atoms with van der Waals surface area (Å²) in [6.07, 6.45) is 6.43. The maximum Gasteiger partial charge on any atom is 0.00738 e. The van der Waals surface area contributed by atoms with Crippen LogP contribution in [0.5, 0.6) is 0 Å². The molecule has 0 aromatic carbocycles. The van der Waals surface area contributed by atoms with E-state index in [-0.39, 0.29) is 0 Å². The molecule has 12 heavy (non-hydrogen) atoms. The van der Waals surface area contributed by atoms with Gasteiger partial charge in [0, 0.05) is 5.66 Å². The fourth-order valence-corrected chi connectivity index (χ4v) is 2.96. The highest BCUT2D eigenvalue weighted by Gasteiger charge is 2.21. The summed E-state index contributed by atoms with van der Waals surface area (Å²) in [5.74, 6) is 0.700. The van der Waals surface area contributed by atoms with Gasteiger partial charge in [-0.1, -0.05) is 37.3 Å². The summed E-state index contributed by atoms with van der Waals surface area (Å²) in [6, 6.07) is 0. The van der Waals surface area contributed by atoms with Gasteiger partial charge in [0.2, 0.25) is 0 Å². The zero-order valence-electron chi connectivity index (χ0n) is 8.09. The van der Waals surface area contributed by atoms with Gasteiger partial charge in [-0.15, -0.1) is 8.58 Å². The normalized spacial score (nSPS) is 30.2. The summed E-state index contributed by atoms with van der Waals surface area (Å²) in [7, 11) is 0.980. The summed E-state index contributed by atoms with van der Waals surface area (Å²) in [6.45, 7) is 10.6. The van der Waals surface area contributed by atoms with Gasteiger partial charge >= 0.3 is 0 Å². The maximum atomic E-state index is 3.85. The fourth-order valence-electron chi connectivity index (χ4n) is 1.65. The summed E-state index contributed by atoms with van der Waals surface area (Å²) in [4.78, 5) is 0. The first kappa shape index (κ1) is 9.74. The summed E-state index contributed by atoms with van der Waals surface area (Å²) >= 11 is 0. The molecule has 0 aliphatic heterocycles. The minimum Gasteiger partial charge on any atom is -0.117 e. The minimum absolute atomic E-state index is 0.700. The van der Waals surface area contributed by atoms with E-state index in [4.69, 9.17) is 0 Å². The van der Waals surface area contributed by atoms with Crippen LogP contribution in [0.15, 0.2) is 36.0 Å². The van der Waals surface area contributed by atoms with Crippen molar-refractivity contribution in [1.29, 1.82) is 0 Å². The van der Waals surface area contributed by atoms with Gasteiger partial charge in [0.25, 0.3) is 0 Å². The average molecular weight is 180 g/mol. The summed E-state index contributed by atoms with van der Waals surface area (Å²) in [5.41, 5.74) is 3.63. The number of hydrogen-bond donors (Lipinski definition) is 0. The summed E-state index contributed by atoms with van der Waals surface area (Å²) < 4.78 is 0. The van der Waals surface area contributed by atoms with Crippen molar-refractivity contribution in [3.05, 3.63) is 36.0 Å². The van der Waals surface area contributed by atoms with E-state index in [2.05, 4.69) is 39.2 Å². The van der Waals surface area contributed by atoms with Crippen molar-refractivity contribution in [1.82, 2.24) is 0 Å². The number of rotatable bonds is 2. The molecular weight excluding hydrogens is 163 g/mol. The molecule has 3 unspecified atom stereocenters. The van der Waals surface area contributed by atoms with Gasteiger partial charge in [-0.25, -0.2) is 0 Å². The van der Waals surface area contributed by atoms with Gasteiger partial charge in [-0.3, -0.25) is 0 Å². The molecular formula is C11H17P. The van der Waals surface area contributed by atoms with Crippen LogP contribution in [-0.2, 0) is 0 Å². The second-order valence-corrected chi connectivity index (χ2v) is 4.54. The molecule has 0 N–H and O–H groups in total. The SMILES string of the molecule is C=CC1=CC=C(C)C(C)C1PC. The van der Waals surface area contributed by atoms with Gasteiger partial charge in [0.05, 0.1) is 0 Å². The topological polar surface area (TPSA) is 0 Å². The Balaban J connectivity index is 2.93. The van der Waals surface area contributed by atoms with Crippen molar-refractivity contribution >= 4 is 8.58 Å². The van der Waals surface area contributed by atoms with E-state index >= 15 is 0 Å². The standard InChI is InChI=1S/C11H17P/c1-5-10-7-6-8(2)9(3)11(10)12-4/h5-7,9,11-12H,1H2,2-4H3. The molecule has 1 rings (SSSR count). The van der Waals surface area contributed by atoms with Crippen molar-refractivity contribution in [2.75, 3.05) is 6.66 Å². The van der Waals surface area contributed by atoms with E-state index in [9.17, 15) is 0 Å². The molecule has 0 radical (unpaired) electrons. The highest BCUT2D eigenvalue weighted by atomic mass is 31.1. The van der Waals surface area contributed by atoms with Crippen LogP contribution in [0.25, 0.3) is 0 Å². The van der Waals surface area contributed by atoms with Gasteiger partial charge in [-0.05, 0) is 25.1 Å². The third kappa shape index (κ3) is 1.69. The quantitative estimate of drug-likeness (QED) is 0.571. The van der Waals surface area contributed by atoms with Gasteiger partial charge in [0.1, 0.15) is 0 Å². The minimum atomic E-state index is 0.700. The molecule has 0 saturated carbocycles. The Labute approximate surface area is 77.2 Å². The maximum absolute atomic E-state index is 3.85. The molecule has 0 fully saturated rings. The van der Waals surface area contributed by atoms with Crippen molar-refractivity contribution < 1.29 is 0 Å². The van der Waals surface area contributed by atoms with Crippen LogP contribution < -0.4 is 0 Å². The third-order valence-electron chi connectivity index (χ3n) is 2.66. The van der Waals surface area contributed by atoms with E-state index in [0.717, 1.165) is 8.58 Å². The van der Waals surface area contributed by atoms with Crippen LogP contribution >= 0.6 is 8.58 Å². The van der Waals surface area contributed by atoms with Crippen LogP contribution in [0.4, 0.5) is 0 Å². The molecule has 1 heteroatoms. The predicted molar refractivity (Wildman–Crippen MR) is 59.2 cm³/mol. The van der Waals surface area contributed by atoms with Gasteiger partial charge in [-0.2, -0.15) is 0 Å². The lowest BCUT2D eigenvalue weighted by Gasteiger charge is -2.27. The lowest BCUT2D eigenvalue weighted by molar-refractivity contribution is 0.683. The largest absolute Gasteiger partial charge is 0.117 e. The number of allylic oxidation sites excluding steroid dienone is 5. The van der Waals surface area contributed by atoms with Gasteiger partial charge in [0.15, 0.2) is 0 Å². The van der Waals surface area contributed by atoms with E-state index in [1.54, 1.807) is 0 Å². The average Bonchev–Trinajstić information content (AvgIpc) is 2.09. The highest BCUT2D eigenvalue weighted by Crippen LogP contribution is 2.36. The van der Waals surface area contributed by atoms with Crippen LogP contribution in [-0.4, -0.2) is 12.3 Å². The van der Waals surface area contributed by atoms with Gasteiger partial charge < -0.3 is 0 Å². The highest BCUT2D eigenvalue weighted by molar-refractivity contribution is 7.38. The first-order valence-corrected chi connectivity index (χ1v) is 5.96. The molecule has 1 aliphatic rings. The lowest BCUT2D eigenvalue weighted by Crippen LogP contribution is -2.18. The second-order valence-electron chi connectivity index (χ2n) is 3.34. The van der Waals surface area contributed by atoms with Crippen LogP contribution in [0.1, 0.15) is 13.8 Å². The monoisotopic (exact) mass is 180 g/mol. The molecule has 0 bridgehead atoms. The van der Waals surface area contributed by atoms with E-state index in [1.807, 2.05) is 6.08 Å². The van der Waals surface area contributed by atoms with Crippen molar-refractivity contribution in [3.63, 3.8) is 0 Å². The molecule has 3 atom stereocenters. The fraction of sp³-hybridized carbons (Fsp3) is 0.455. The Kier molecular flexibility index (Phi) is 3.29. The molecule has 0 amide bonds. The first-order chi connectivity index (χ1) is 5.70. The Morgan fingerprint density at radius 3 is 2.67 bits per heavy atom. The van der Waals surface area contributed by atoms with E-state index < -0.39 is 0 Å². The predicted octanol–water partition coefficient (Wildman–Crippen LogP) is 3.37. The van der Waals surface area contributed by atoms with Crippen molar-refractivity contribution in [2.24, 2.45) is 5.92 Å². The smallest absolute Gasteiger partial charge is 0.00738 e. The zero-order valence-corrected chi connectivity index (χ0v) is 9.09.